The van der Waals surface area contributed by atoms with Gasteiger partial charge in [0.25, 0.3) is 0 Å². The minimum absolute atomic E-state index is 0.181. The molecule has 0 saturated carbocycles. The van der Waals surface area contributed by atoms with E-state index < -0.39 is 10.0 Å². The molecule has 0 aromatic rings. The van der Waals surface area contributed by atoms with Gasteiger partial charge in [0.1, 0.15) is 0 Å². The molecule has 0 amide bonds. The Hall–Kier alpha value is -0.130. The summed E-state index contributed by atoms with van der Waals surface area (Å²) < 4.78 is 26.2. The van der Waals surface area contributed by atoms with Crippen molar-refractivity contribution in [1.82, 2.24) is 4.31 Å². The Balaban J connectivity index is 2.65. The lowest BCUT2D eigenvalue weighted by Crippen LogP contribution is -2.43. The second kappa shape index (κ2) is 5.67. The van der Waals surface area contributed by atoms with Crippen LogP contribution in [0.4, 0.5) is 0 Å². The molecule has 0 bridgehead atoms. The van der Waals surface area contributed by atoms with Gasteiger partial charge in [0.2, 0.25) is 10.0 Å². The number of piperidine rings is 1. The molecule has 102 valence electrons. The molecule has 0 aliphatic carbocycles. The molecule has 1 heterocycles. The van der Waals surface area contributed by atoms with Gasteiger partial charge >= 0.3 is 0 Å². The van der Waals surface area contributed by atoms with Crippen molar-refractivity contribution in [3.05, 3.63) is 0 Å². The zero-order chi connectivity index (χ0) is 13.1. The maximum Gasteiger partial charge on any atom is 0.214 e. The minimum Gasteiger partial charge on any atom is -0.330 e. The van der Waals surface area contributed by atoms with E-state index in [9.17, 15) is 8.42 Å². The number of rotatable bonds is 4. The predicted molar refractivity (Wildman–Crippen MR) is 71.2 cm³/mol. The van der Waals surface area contributed by atoms with Crippen LogP contribution in [0.25, 0.3) is 0 Å². The molecule has 1 saturated heterocycles. The molecule has 0 aromatic carbocycles. The molecule has 1 aliphatic rings. The van der Waals surface area contributed by atoms with E-state index in [-0.39, 0.29) is 11.2 Å². The van der Waals surface area contributed by atoms with Crippen molar-refractivity contribution in [3.8, 4) is 0 Å². The van der Waals surface area contributed by atoms with Gasteiger partial charge in [-0.2, -0.15) is 0 Å². The first kappa shape index (κ1) is 14.9. The van der Waals surface area contributed by atoms with Crippen LogP contribution in [0, 0.1) is 11.3 Å². The smallest absolute Gasteiger partial charge is 0.214 e. The number of nitrogens with two attached hydrogens (primary N) is 1. The van der Waals surface area contributed by atoms with Crippen LogP contribution in [0.5, 0.6) is 0 Å². The highest BCUT2D eigenvalue weighted by molar-refractivity contribution is 7.89. The van der Waals surface area contributed by atoms with Crippen molar-refractivity contribution in [1.29, 1.82) is 0 Å². The fraction of sp³-hybridized carbons (Fsp3) is 1.00. The molecule has 2 N–H and O–H groups in total. The molecule has 0 aromatic heterocycles. The summed E-state index contributed by atoms with van der Waals surface area (Å²) in [5.41, 5.74) is 5.37. The lowest BCUT2D eigenvalue weighted by molar-refractivity contribution is 0.255. The standard InChI is InChI=1S/C12H26N2O2S/c1-12(2,3)10-17(15,16)14-8-4-5-11(9-14)6-7-13/h11H,4-10,13H2,1-3H3. The third kappa shape index (κ3) is 4.94. The maximum absolute atomic E-state index is 12.2. The zero-order valence-corrected chi connectivity index (χ0v) is 12.1. The molecule has 4 nitrogen and oxygen atoms in total. The van der Waals surface area contributed by atoms with Crippen LogP contribution in [0.1, 0.15) is 40.0 Å². The number of hydrogen-bond donors (Lipinski definition) is 1. The summed E-state index contributed by atoms with van der Waals surface area (Å²) in [5.74, 6) is 0.679. The van der Waals surface area contributed by atoms with Crippen LogP contribution in [0.15, 0.2) is 0 Å². The second-order valence-electron chi connectivity index (χ2n) is 6.26. The molecule has 1 aliphatic heterocycles. The fourth-order valence-electron chi connectivity index (χ4n) is 2.39. The Morgan fingerprint density at radius 2 is 2.00 bits per heavy atom. The second-order valence-corrected chi connectivity index (χ2v) is 8.23. The van der Waals surface area contributed by atoms with E-state index in [2.05, 4.69) is 0 Å². The first-order valence-electron chi connectivity index (χ1n) is 6.42. The topological polar surface area (TPSA) is 63.4 Å². The maximum atomic E-state index is 12.2. The lowest BCUT2D eigenvalue weighted by Gasteiger charge is -2.33. The average Bonchev–Trinajstić information content (AvgIpc) is 2.15. The fourth-order valence-corrected chi connectivity index (χ4v) is 4.51. The van der Waals surface area contributed by atoms with E-state index in [1.165, 1.54) is 0 Å². The van der Waals surface area contributed by atoms with Gasteiger partial charge in [-0.25, -0.2) is 12.7 Å². The zero-order valence-electron chi connectivity index (χ0n) is 11.3. The Bertz CT molecular complexity index is 331. The first-order chi connectivity index (χ1) is 7.74. The molecular weight excluding hydrogens is 236 g/mol. The summed E-state index contributed by atoms with van der Waals surface area (Å²) in [6.45, 7) is 7.89. The normalized spacial score (nSPS) is 23.9. The van der Waals surface area contributed by atoms with E-state index in [0.717, 1.165) is 19.3 Å². The van der Waals surface area contributed by atoms with Crippen molar-refractivity contribution in [2.24, 2.45) is 17.1 Å². The molecule has 17 heavy (non-hydrogen) atoms. The third-order valence-corrected chi connectivity index (χ3v) is 5.41. The number of nitrogens with zero attached hydrogens (tertiary/aromatic N) is 1. The van der Waals surface area contributed by atoms with E-state index in [1.54, 1.807) is 4.31 Å². The SMILES string of the molecule is CC(C)(C)CS(=O)(=O)N1CCCC(CCN)C1. The largest absolute Gasteiger partial charge is 0.330 e. The van der Waals surface area contributed by atoms with Gasteiger partial charge in [-0.05, 0) is 37.1 Å². The Kier molecular flexibility index (Phi) is 4.98. The molecule has 0 spiro atoms. The van der Waals surface area contributed by atoms with Crippen LogP contribution in [0.2, 0.25) is 0 Å². The van der Waals surface area contributed by atoms with Gasteiger partial charge in [0, 0.05) is 13.1 Å². The Morgan fingerprint density at radius 3 is 2.53 bits per heavy atom. The van der Waals surface area contributed by atoms with Crippen LogP contribution >= 0.6 is 0 Å². The Labute approximate surface area is 106 Å². The molecule has 1 atom stereocenters. The summed E-state index contributed by atoms with van der Waals surface area (Å²) >= 11 is 0. The quantitative estimate of drug-likeness (QED) is 0.833. The third-order valence-electron chi connectivity index (χ3n) is 3.07. The van der Waals surface area contributed by atoms with E-state index in [1.807, 2.05) is 20.8 Å². The van der Waals surface area contributed by atoms with Crippen molar-refractivity contribution in [2.75, 3.05) is 25.4 Å². The van der Waals surface area contributed by atoms with Crippen LogP contribution in [0.3, 0.4) is 0 Å². The number of sulfonamides is 1. The highest BCUT2D eigenvalue weighted by Gasteiger charge is 2.31. The molecule has 5 heteroatoms. The van der Waals surface area contributed by atoms with Gasteiger partial charge < -0.3 is 5.73 Å². The lowest BCUT2D eigenvalue weighted by atomic mass is 9.96. The van der Waals surface area contributed by atoms with Gasteiger partial charge in [-0.3, -0.25) is 0 Å². The molecular formula is C12H26N2O2S. The van der Waals surface area contributed by atoms with Gasteiger partial charge in [-0.1, -0.05) is 20.8 Å². The highest BCUT2D eigenvalue weighted by Crippen LogP contribution is 2.25. The van der Waals surface area contributed by atoms with Crippen molar-refractivity contribution in [2.45, 2.75) is 40.0 Å². The first-order valence-corrected chi connectivity index (χ1v) is 8.03. The monoisotopic (exact) mass is 262 g/mol. The summed E-state index contributed by atoms with van der Waals surface area (Å²) in [6, 6.07) is 0. The molecule has 1 unspecified atom stereocenters. The van der Waals surface area contributed by atoms with Crippen LogP contribution in [-0.2, 0) is 10.0 Å². The van der Waals surface area contributed by atoms with Crippen LogP contribution < -0.4 is 5.73 Å². The predicted octanol–water partition coefficient (Wildman–Crippen LogP) is 1.42. The number of hydrogen-bond acceptors (Lipinski definition) is 3. The minimum atomic E-state index is -3.10. The van der Waals surface area contributed by atoms with Gasteiger partial charge in [0.15, 0.2) is 0 Å². The van der Waals surface area contributed by atoms with Crippen molar-refractivity contribution < 1.29 is 8.42 Å². The summed E-state index contributed by atoms with van der Waals surface area (Å²) in [5, 5.41) is 0. The highest BCUT2D eigenvalue weighted by atomic mass is 32.2. The van der Waals surface area contributed by atoms with Crippen molar-refractivity contribution >= 4 is 10.0 Å². The summed E-state index contributed by atoms with van der Waals surface area (Å²) in [7, 11) is -3.10. The van der Waals surface area contributed by atoms with Crippen molar-refractivity contribution in [3.63, 3.8) is 0 Å². The van der Waals surface area contributed by atoms with E-state index >= 15 is 0 Å². The molecule has 1 rings (SSSR count). The average molecular weight is 262 g/mol. The van der Waals surface area contributed by atoms with Crippen LogP contribution in [-0.4, -0.2) is 38.1 Å². The summed E-state index contributed by atoms with van der Waals surface area (Å²) in [6.07, 6.45) is 3.01. The Morgan fingerprint density at radius 1 is 1.35 bits per heavy atom. The summed E-state index contributed by atoms with van der Waals surface area (Å²) in [4.78, 5) is 0. The van der Waals surface area contributed by atoms with Gasteiger partial charge in [-0.15, -0.1) is 0 Å². The van der Waals surface area contributed by atoms with E-state index in [0.29, 0.717) is 25.6 Å². The van der Waals surface area contributed by atoms with E-state index in [4.69, 9.17) is 5.73 Å². The van der Waals surface area contributed by atoms with Gasteiger partial charge in [0.05, 0.1) is 5.75 Å². The molecule has 1 fully saturated rings. The molecule has 0 radical (unpaired) electrons.